The average molecular weight is 379 g/mol. The fraction of sp³-hybridized carbons (Fsp3) is 0.105. The van der Waals surface area contributed by atoms with E-state index >= 15 is 0 Å². The molecular formula is C19H14FN5O3. The van der Waals surface area contributed by atoms with Crippen molar-refractivity contribution in [3.05, 3.63) is 64.3 Å². The van der Waals surface area contributed by atoms with E-state index in [9.17, 15) is 19.1 Å². The first-order chi connectivity index (χ1) is 13.5. The number of hydrogen-bond donors (Lipinski definition) is 2. The number of carbonyl (C=O) groups excluding carboxylic acids is 1. The van der Waals surface area contributed by atoms with Gasteiger partial charge in [0.05, 0.1) is 10.9 Å². The maximum Gasteiger partial charge on any atom is 0.316 e. The Kier molecular flexibility index (Phi) is 4.19. The van der Waals surface area contributed by atoms with Gasteiger partial charge in [0.2, 0.25) is 5.88 Å². The maximum absolute atomic E-state index is 13.3. The van der Waals surface area contributed by atoms with Gasteiger partial charge in [-0.3, -0.25) is 9.59 Å². The van der Waals surface area contributed by atoms with Gasteiger partial charge < -0.3 is 10.1 Å². The van der Waals surface area contributed by atoms with Gasteiger partial charge in [0.15, 0.2) is 11.4 Å². The highest BCUT2D eigenvalue weighted by Gasteiger charge is 2.17. The number of nitrogens with zero attached hydrogens (tertiary/aromatic N) is 4. The molecule has 0 aliphatic heterocycles. The minimum Gasteiger partial charge on any atom is -0.493 e. The molecule has 0 spiro atoms. The normalized spacial score (nSPS) is 11.6. The van der Waals surface area contributed by atoms with Crippen LogP contribution in [0.2, 0.25) is 0 Å². The molecule has 0 fully saturated rings. The fourth-order valence-electron chi connectivity index (χ4n) is 2.99. The van der Waals surface area contributed by atoms with Crippen molar-refractivity contribution < 1.29 is 14.3 Å². The summed E-state index contributed by atoms with van der Waals surface area (Å²) in [5, 5.41) is 22.7. The van der Waals surface area contributed by atoms with Crippen molar-refractivity contribution in [2.75, 3.05) is 0 Å². The van der Waals surface area contributed by atoms with E-state index in [1.165, 1.54) is 22.9 Å². The molecule has 140 valence electrons. The molecule has 2 aromatic carbocycles. The van der Waals surface area contributed by atoms with Crippen molar-refractivity contribution in [1.82, 2.24) is 14.8 Å². The number of aromatic nitrogens is 3. The van der Waals surface area contributed by atoms with Crippen LogP contribution in [0, 0.1) is 5.82 Å². The van der Waals surface area contributed by atoms with E-state index in [-0.39, 0.29) is 29.4 Å². The molecule has 28 heavy (non-hydrogen) atoms. The number of benzene rings is 2. The summed E-state index contributed by atoms with van der Waals surface area (Å²) in [6.45, 7) is 2.03. The van der Waals surface area contributed by atoms with Gasteiger partial charge in [-0.1, -0.05) is 18.2 Å². The molecule has 0 saturated heterocycles. The van der Waals surface area contributed by atoms with Crippen molar-refractivity contribution >= 4 is 33.3 Å². The lowest BCUT2D eigenvalue weighted by molar-refractivity contribution is 0.0990. The van der Waals surface area contributed by atoms with E-state index in [0.717, 1.165) is 0 Å². The largest absolute Gasteiger partial charge is 0.493 e. The van der Waals surface area contributed by atoms with Crippen LogP contribution in [0.15, 0.2) is 57.5 Å². The second-order valence-corrected chi connectivity index (χ2v) is 6.03. The Balaban J connectivity index is 1.81. The lowest BCUT2D eigenvalue weighted by Gasteiger charge is -2.06. The Labute approximate surface area is 157 Å². The molecule has 0 atom stereocenters. The van der Waals surface area contributed by atoms with Crippen LogP contribution in [0.25, 0.3) is 21.7 Å². The highest BCUT2D eigenvalue weighted by Crippen LogP contribution is 2.35. The molecule has 0 unspecified atom stereocenters. The number of rotatable bonds is 3. The Hall–Kier alpha value is -3.88. The number of aryl methyl sites for hydroxylation is 1. The van der Waals surface area contributed by atoms with Gasteiger partial charge >= 0.3 is 5.91 Å². The van der Waals surface area contributed by atoms with Gasteiger partial charge in [0.1, 0.15) is 5.82 Å². The number of H-pyrrole nitrogens is 1. The monoisotopic (exact) mass is 379 g/mol. The Morgan fingerprint density at radius 2 is 1.96 bits per heavy atom. The zero-order valence-electron chi connectivity index (χ0n) is 14.7. The molecule has 0 bridgehead atoms. The molecule has 9 heteroatoms. The summed E-state index contributed by atoms with van der Waals surface area (Å²) in [5.41, 5.74) is 0.00698. The molecular weight excluding hydrogens is 365 g/mol. The second-order valence-electron chi connectivity index (χ2n) is 6.03. The van der Waals surface area contributed by atoms with Crippen LogP contribution in [0.4, 0.5) is 10.1 Å². The van der Waals surface area contributed by atoms with Crippen LogP contribution < -0.4 is 5.56 Å². The topological polar surface area (TPSA) is 113 Å². The Morgan fingerprint density at radius 3 is 2.71 bits per heavy atom. The highest BCUT2D eigenvalue weighted by molar-refractivity contribution is 6.05. The zero-order valence-corrected chi connectivity index (χ0v) is 14.7. The Morgan fingerprint density at radius 1 is 1.21 bits per heavy atom. The van der Waals surface area contributed by atoms with E-state index in [4.69, 9.17) is 0 Å². The summed E-state index contributed by atoms with van der Waals surface area (Å²) >= 11 is 0. The number of azo groups is 1. The summed E-state index contributed by atoms with van der Waals surface area (Å²) in [5.74, 6) is -1.59. The second kappa shape index (κ2) is 6.69. The summed E-state index contributed by atoms with van der Waals surface area (Å²) in [4.78, 5) is 27.6. The number of aromatic hydroxyl groups is 1. The van der Waals surface area contributed by atoms with E-state index in [1.807, 2.05) is 0 Å². The lowest BCUT2D eigenvalue weighted by Crippen LogP contribution is -2.24. The highest BCUT2D eigenvalue weighted by atomic mass is 19.1. The minimum absolute atomic E-state index is 0.0106. The molecule has 2 heterocycles. The molecule has 2 N–H and O–H groups in total. The number of aromatic amines is 1. The molecule has 2 aromatic heterocycles. The first kappa shape index (κ1) is 17.5. The van der Waals surface area contributed by atoms with Gasteiger partial charge in [-0.15, -0.1) is 10.2 Å². The van der Waals surface area contributed by atoms with Gasteiger partial charge in [-0.2, -0.15) is 5.10 Å². The molecule has 0 saturated carbocycles. The standard InChI is InChI=1S/C19H14FN5O3/c1-2-25-19(28)12-6-4-3-5-11(12)16(24-25)18(27)23-22-15-13-8-7-10(20)9-14(13)21-17(15)26/h3-9,21,26H,2H2,1H3. The SMILES string of the molecule is CCn1nc(C(=O)N=Nc2c(O)[nH]c3cc(F)ccc23)c2ccccc2c1=O. The number of carbonyl (C=O) groups is 1. The van der Waals surface area contributed by atoms with Crippen molar-refractivity contribution in [3.63, 3.8) is 0 Å². The Bertz CT molecular complexity index is 1320. The van der Waals surface area contributed by atoms with Gasteiger partial charge in [-0.25, -0.2) is 9.07 Å². The fourth-order valence-corrected chi connectivity index (χ4v) is 2.99. The quantitative estimate of drug-likeness (QED) is 0.529. The van der Waals surface area contributed by atoms with Crippen LogP contribution in [0.1, 0.15) is 17.4 Å². The van der Waals surface area contributed by atoms with Crippen molar-refractivity contribution in [1.29, 1.82) is 0 Å². The van der Waals surface area contributed by atoms with Crippen LogP contribution in [-0.4, -0.2) is 25.8 Å². The maximum atomic E-state index is 13.3. The predicted octanol–water partition coefficient (Wildman–Crippen LogP) is 3.67. The van der Waals surface area contributed by atoms with Crippen molar-refractivity contribution in [2.24, 2.45) is 10.2 Å². The first-order valence-electron chi connectivity index (χ1n) is 8.45. The number of halogens is 1. The third-order valence-electron chi connectivity index (χ3n) is 4.32. The molecule has 0 aliphatic rings. The number of amides is 1. The third-order valence-corrected chi connectivity index (χ3v) is 4.32. The molecule has 0 aliphatic carbocycles. The smallest absolute Gasteiger partial charge is 0.316 e. The zero-order chi connectivity index (χ0) is 19.8. The lowest BCUT2D eigenvalue weighted by atomic mass is 10.1. The summed E-state index contributed by atoms with van der Waals surface area (Å²) < 4.78 is 14.5. The van der Waals surface area contributed by atoms with Crippen molar-refractivity contribution in [2.45, 2.75) is 13.5 Å². The van der Waals surface area contributed by atoms with Gasteiger partial charge in [-0.05, 0) is 31.2 Å². The van der Waals surface area contributed by atoms with Crippen LogP contribution in [-0.2, 0) is 6.54 Å². The minimum atomic E-state index is -0.769. The van der Waals surface area contributed by atoms with Gasteiger partial charge in [0, 0.05) is 17.3 Å². The first-order valence-corrected chi connectivity index (χ1v) is 8.45. The molecule has 0 radical (unpaired) electrons. The van der Waals surface area contributed by atoms with E-state index in [0.29, 0.717) is 21.7 Å². The predicted molar refractivity (Wildman–Crippen MR) is 100 cm³/mol. The van der Waals surface area contributed by atoms with E-state index in [2.05, 4.69) is 20.3 Å². The van der Waals surface area contributed by atoms with Crippen LogP contribution in [0.3, 0.4) is 0 Å². The van der Waals surface area contributed by atoms with Crippen molar-refractivity contribution in [3.8, 4) is 5.88 Å². The third kappa shape index (κ3) is 2.82. The van der Waals surface area contributed by atoms with E-state index in [1.54, 1.807) is 31.2 Å². The molecule has 8 nitrogen and oxygen atoms in total. The summed E-state index contributed by atoms with van der Waals surface area (Å²) in [6, 6.07) is 10.4. The molecule has 4 aromatic rings. The van der Waals surface area contributed by atoms with Crippen LogP contribution in [0.5, 0.6) is 5.88 Å². The number of fused-ring (bicyclic) bond motifs is 2. The summed E-state index contributed by atoms with van der Waals surface area (Å²) in [7, 11) is 0. The van der Waals surface area contributed by atoms with Gasteiger partial charge in [0.25, 0.3) is 5.56 Å². The molecule has 4 rings (SSSR count). The van der Waals surface area contributed by atoms with E-state index < -0.39 is 11.7 Å². The van der Waals surface area contributed by atoms with Crippen LogP contribution >= 0.6 is 0 Å². The number of hydrogen-bond acceptors (Lipinski definition) is 5. The number of nitrogens with one attached hydrogen (secondary N) is 1. The molecule has 1 amide bonds. The average Bonchev–Trinajstić information content (AvgIpc) is 3.00. The summed E-state index contributed by atoms with van der Waals surface area (Å²) in [6.07, 6.45) is 0.